The summed E-state index contributed by atoms with van der Waals surface area (Å²) in [6.07, 6.45) is 0. The molecule has 0 N–H and O–H groups in total. The van der Waals surface area contributed by atoms with Crippen molar-refractivity contribution in [2.24, 2.45) is 0 Å². The Hall–Kier alpha value is -0.840. The second kappa shape index (κ2) is 5.21. The van der Waals surface area contributed by atoms with Crippen LogP contribution in [-0.4, -0.2) is 31.1 Å². The van der Waals surface area contributed by atoms with E-state index in [9.17, 15) is 0 Å². The Labute approximate surface area is 110 Å². The predicted molar refractivity (Wildman–Crippen MR) is 76.1 cm³/mol. The second-order valence-electron chi connectivity index (χ2n) is 4.29. The summed E-state index contributed by atoms with van der Waals surface area (Å²) >= 11 is 3.71. The molecule has 1 fully saturated rings. The lowest BCUT2D eigenvalue weighted by Crippen LogP contribution is -2.45. The fourth-order valence-corrected chi connectivity index (χ4v) is 3.73. The average Bonchev–Trinajstić information content (AvgIpc) is 3.01. The van der Waals surface area contributed by atoms with E-state index in [1.165, 1.54) is 23.0 Å². The summed E-state index contributed by atoms with van der Waals surface area (Å²) in [4.78, 5) is 6.53. The lowest BCUT2D eigenvalue weighted by Gasteiger charge is -2.35. The highest BCUT2D eigenvalue weighted by Gasteiger charge is 2.17. The number of piperazine rings is 1. The average molecular weight is 264 g/mol. The quantitative estimate of drug-likeness (QED) is 0.840. The van der Waals surface area contributed by atoms with Crippen LogP contribution in [-0.2, 0) is 6.54 Å². The molecule has 0 bridgehead atoms. The van der Waals surface area contributed by atoms with Crippen LogP contribution in [0.4, 0.5) is 5.00 Å². The van der Waals surface area contributed by atoms with Gasteiger partial charge in [0.2, 0.25) is 0 Å². The van der Waals surface area contributed by atoms with Crippen molar-refractivity contribution in [1.29, 1.82) is 0 Å². The number of hydrogen-bond donors (Lipinski definition) is 0. The van der Waals surface area contributed by atoms with Gasteiger partial charge in [-0.25, -0.2) is 0 Å². The Kier molecular flexibility index (Phi) is 3.45. The fourth-order valence-electron chi connectivity index (χ4n) is 2.20. The van der Waals surface area contributed by atoms with Crippen LogP contribution in [0.25, 0.3) is 0 Å². The molecule has 3 rings (SSSR count). The van der Waals surface area contributed by atoms with E-state index in [1.807, 2.05) is 22.7 Å². The first-order valence-corrected chi connectivity index (χ1v) is 7.71. The Morgan fingerprint density at radius 2 is 1.71 bits per heavy atom. The van der Waals surface area contributed by atoms with Gasteiger partial charge in [0.25, 0.3) is 0 Å². The van der Waals surface area contributed by atoms with E-state index in [-0.39, 0.29) is 0 Å². The Bertz CT molecular complexity index is 428. The van der Waals surface area contributed by atoms with Crippen LogP contribution < -0.4 is 4.90 Å². The fraction of sp³-hybridized carbons (Fsp3) is 0.385. The van der Waals surface area contributed by atoms with E-state index in [2.05, 4.69) is 44.8 Å². The monoisotopic (exact) mass is 264 g/mol. The molecule has 2 nitrogen and oxygen atoms in total. The third-order valence-electron chi connectivity index (χ3n) is 3.15. The number of anilines is 1. The molecule has 2 aromatic rings. The standard InChI is InChI=1S/C13H16N2S2/c1-3-12(16-9-1)11-14-5-7-15(8-6-14)13-4-2-10-17-13/h1-4,9-10H,5-8,11H2. The summed E-state index contributed by atoms with van der Waals surface area (Å²) in [5.41, 5.74) is 0. The van der Waals surface area contributed by atoms with Crippen molar-refractivity contribution < 1.29 is 0 Å². The van der Waals surface area contributed by atoms with Gasteiger partial charge in [0, 0.05) is 37.6 Å². The first-order valence-electron chi connectivity index (χ1n) is 5.95. The van der Waals surface area contributed by atoms with E-state index in [0.29, 0.717) is 0 Å². The van der Waals surface area contributed by atoms with Crippen molar-refractivity contribution >= 4 is 27.7 Å². The molecule has 90 valence electrons. The van der Waals surface area contributed by atoms with E-state index in [0.717, 1.165) is 19.6 Å². The minimum absolute atomic E-state index is 1.12. The Balaban J connectivity index is 1.54. The lowest BCUT2D eigenvalue weighted by molar-refractivity contribution is 0.252. The van der Waals surface area contributed by atoms with Crippen LogP contribution in [0.1, 0.15) is 4.88 Å². The van der Waals surface area contributed by atoms with Gasteiger partial charge < -0.3 is 4.90 Å². The SMILES string of the molecule is c1csc(CN2CCN(c3cccs3)CC2)c1. The van der Waals surface area contributed by atoms with E-state index in [1.54, 1.807) is 0 Å². The molecule has 1 aliphatic rings. The maximum absolute atomic E-state index is 2.55. The largest absolute Gasteiger partial charge is 0.361 e. The van der Waals surface area contributed by atoms with Crippen LogP contribution in [0.15, 0.2) is 35.0 Å². The first-order chi connectivity index (χ1) is 8.42. The summed E-state index contributed by atoms with van der Waals surface area (Å²) in [6.45, 7) is 5.79. The number of rotatable bonds is 3. The van der Waals surface area contributed by atoms with Crippen LogP contribution in [0.3, 0.4) is 0 Å². The molecule has 0 radical (unpaired) electrons. The molecule has 1 saturated heterocycles. The van der Waals surface area contributed by atoms with Gasteiger partial charge in [0.1, 0.15) is 0 Å². The van der Waals surface area contributed by atoms with E-state index in [4.69, 9.17) is 0 Å². The molecular formula is C13H16N2S2. The normalized spacial score (nSPS) is 17.5. The summed E-state index contributed by atoms with van der Waals surface area (Å²) in [7, 11) is 0. The van der Waals surface area contributed by atoms with Crippen molar-refractivity contribution in [2.75, 3.05) is 31.1 Å². The molecule has 0 aliphatic carbocycles. The summed E-state index contributed by atoms with van der Waals surface area (Å²) in [5, 5.41) is 5.74. The minimum Gasteiger partial charge on any atom is -0.361 e. The molecule has 4 heteroatoms. The molecule has 0 saturated carbocycles. The van der Waals surface area contributed by atoms with E-state index < -0.39 is 0 Å². The van der Waals surface area contributed by atoms with Gasteiger partial charge in [-0.15, -0.1) is 22.7 Å². The summed E-state index contributed by atoms with van der Waals surface area (Å²) in [6, 6.07) is 8.73. The highest BCUT2D eigenvalue weighted by molar-refractivity contribution is 7.14. The second-order valence-corrected chi connectivity index (χ2v) is 6.25. The summed E-state index contributed by atoms with van der Waals surface area (Å²) in [5.74, 6) is 0. The molecule has 0 spiro atoms. The van der Waals surface area contributed by atoms with Crippen molar-refractivity contribution in [1.82, 2.24) is 4.90 Å². The lowest BCUT2D eigenvalue weighted by atomic mass is 10.3. The van der Waals surface area contributed by atoms with E-state index >= 15 is 0 Å². The zero-order valence-electron chi connectivity index (χ0n) is 9.71. The van der Waals surface area contributed by atoms with Gasteiger partial charge in [-0.05, 0) is 29.0 Å². The number of nitrogens with zero attached hydrogens (tertiary/aromatic N) is 2. The Morgan fingerprint density at radius 1 is 0.941 bits per heavy atom. The van der Waals surface area contributed by atoms with Gasteiger partial charge in [-0.3, -0.25) is 4.90 Å². The maximum Gasteiger partial charge on any atom is 0.0909 e. The zero-order chi connectivity index (χ0) is 11.5. The van der Waals surface area contributed by atoms with Crippen molar-refractivity contribution in [3.05, 3.63) is 39.9 Å². The summed E-state index contributed by atoms with van der Waals surface area (Å²) < 4.78 is 0. The molecule has 1 aliphatic heterocycles. The molecule has 0 aromatic carbocycles. The maximum atomic E-state index is 2.55. The predicted octanol–water partition coefficient (Wildman–Crippen LogP) is 3.13. The minimum atomic E-state index is 1.12. The van der Waals surface area contributed by atoms with Crippen molar-refractivity contribution in [2.45, 2.75) is 6.54 Å². The van der Waals surface area contributed by atoms with Crippen LogP contribution in [0.5, 0.6) is 0 Å². The van der Waals surface area contributed by atoms with Crippen LogP contribution >= 0.6 is 22.7 Å². The van der Waals surface area contributed by atoms with Crippen molar-refractivity contribution in [3.63, 3.8) is 0 Å². The molecule has 2 aromatic heterocycles. The molecule has 3 heterocycles. The van der Waals surface area contributed by atoms with Gasteiger partial charge in [-0.1, -0.05) is 6.07 Å². The smallest absolute Gasteiger partial charge is 0.0909 e. The Morgan fingerprint density at radius 3 is 2.35 bits per heavy atom. The van der Waals surface area contributed by atoms with Gasteiger partial charge in [0.15, 0.2) is 0 Å². The molecule has 0 atom stereocenters. The topological polar surface area (TPSA) is 6.48 Å². The van der Waals surface area contributed by atoms with Gasteiger partial charge >= 0.3 is 0 Å². The molecule has 0 amide bonds. The molecule has 0 unspecified atom stereocenters. The molecule has 17 heavy (non-hydrogen) atoms. The van der Waals surface area contributed by atoms with Crippen LogP contribution in [0, 0.1) is 0 Å². The number of thiophene rings is 2. The highest BCUT2D eigenvalue weighted by atomic mass is 32.1. The zero-order valence-corrected chi connectivity index (χ0v) is 11.3. The molecular weight excluding hydrogens is 248 g/mol. The third-order valence-corrected chi connectivity index (χ3v) is 4.94. The van der Waals surface area contributed by atoms with Gasteiger partial charge in [-0.2, -0.15) is 0 Å². The highest BCUT2D eigenvalue weighted by Crippen LogP contribution is 2.23. The third kappa shape index (κ3) is 2.70. The first kappa shape index (κ1) is 11.3. The van der Waals surface area contributed by atoms with Crippen LogP contribution in [0.2, 0.25) is 0 Å². The number of hydrogen-bond acceptors (Lipinski definition) is 4. The van der Waals surface area contributed by atoms with Gasteiger partial charge in [0.05, 0.1) is 5.00 Å². The van der Waals surface area contributed by atoms with Crippen molar-refractivity contribution in [3.8, 4) is 0 Å².